The van der Waals surface area contributed by atoms with Crippen molar-refractivity contribution in [3.63, 3.8) is 0 Å². The van der Waals surface area contributed by atoms with E-state index >= 15 is 0 Å². The lowest BCUT2D eigenvalue weighted by atomic mass is 10.0. The fourth-order valence-corrected chi connectivity index (χ4v) is 3.42. The molecule has 6 nitrogen and oxygen atoms in total. The van der Waals surface area contributed by atoms with E-state index in [0.717, 1.165) is 21.2 Å². The second-order valence-corrected chi connectivity index (χ2v) is 7.08. The summed E-state index contributed by atoms with van der Waals surface area (Å²) in [5, 5.41) is 21.5. The molecular weight excluding hydrogens is 340 g/mol. The highest BCUT2D eigenvalue weighted by Crippen LogP contribution is 2.23. The van der Waals surface area contributed by atoms with Crippen molar-refractivity contribution in [3.8, 4) is 10.6 Å². The molecule has 25 heavy (non-hydrogen) atoms. The standard InChI is InChI=1S/C18H22N2O4S/c1-12(2)10-15(17(21)22)20(18(23)24)9-8-14-11-25-16(19-14)13-6-4-3-5-7-13/h3-7,11-12,15H,8-10H2,1-2H3,(H,21,22)(H,23,24). The van der Waals surface area contributed by atoms with Crippen LogP contribution in [0.3, 0.4) is 0 Å². The molecule has 1 aromatic carbocycles. The van der Waals surface area contributed by atoms with Gasteiger partial charge in [-0.1, -0.05) is 44.2 Å². The van der Waals surface area contributed by atoms with Crippen LogP contribution in [0.4, 0.5) is 4.79 Å². The molecule has 0 aliphatic carbocycles. The summed E-state index contributed by atoms with van der Waals surface area (Å²) in [6, 6.07) is 8.70. The van der Waals surface area contributed by atoms with E-state index in [-0.39, 0.29) is 18.9 Å². The molecule has 0 fully saturated rings. The van der Waals surface area contributed by atoms with E-state index in [0.29, 0.717) is 6.42 Å². The highest BCUT2D eigenvalue weighted by atomic mass is 32.1. The summed E-state index contributed by atoms with van der Waals surface area (Å²) in [5.74, 6) is -1.02. The SMILES string of the molecule is CC(C)CC(C(=O)O)N(CCc1csc(-c2ccccc2)n1)C(=O)O. The molecular formula is C18H22N2O4S. The van der Waals surface area contributed by atoms with Gasteiger partial charge in [0.15, 0.2) is 0 Å². The van der Waals surface area contributed by atoms with E-state index < -0.39 is 18.1 Å². The summed E-state index contributed by atoms with van der Waals surface area (Å²) in [5.41, 5.74) is 1.78. The van der Waals surface area contributed by atoms with Crippen molar-refractivity contribution in [3.05, 3.63) is 41.4 Å². The predicted molar refractivity (Wildman–Crippen MR) is 96.9 cm³/mol. The van der Waals surface area contributed by atoms with E-state index in [4.69, 9.17) is 0 Å². The topological polar surface area (TPSA) is 90.7 Å². The summed E-state index contributed by atoms with van der Waals surface area (Å²) in [7, 11) is 0. The van der Waals surface area contributed by atoms with Crippen LogP contribution in [-0.2, 0) is 11.2 Å². The molecule has 0 spiro atoms. The molecule has 0 saturated heterocycles. The highest BCUT2D eigenvalue weighted by Gasteiger charge is 2.30. The van der Waals surface area contributed by atoms with Crippen LogP contribution in [0, 0.1) is 5.92 Å². The summed E-state index contributed by atoms with van der Waals surface area (Å²) >= 11 is 1.49. The number of carboxylic acids is 1. The summed E-state index contributed by atoms with van der Waals surface area (Å²) in [4.78, 5) is 28.5. The molecule has 1 heterocycles. The van der Waals surface area contributed by atoms with Gasteiger partial charge in [-0.2, -0.15) is 0 Å². The minimum atomic E-state index is -1.22. The number of carboxylic acid groups (broad SMARTS) is 2. The molecule has 0 radical (unpaired) electrons. The fourth-order valence-electron chi connectivity index (χ4n) is 2.56. The summed E-state index contributed by atoms with van der Waals surface area (Å²) in [6.07, 6.45) is -0.544. The Bertz CT molecular complexity index is 715. The summed E-state index contributed by atoms with van der Waals surface area (Å²) in [6.45, 7) is 3.86. The zero-order valence-electron chi connectivity index (χ0n) is 14.3. The number of thiazole rings is 1. The van der Waals surface area contributed by atoms with E-state index in [9.17, 15) is 19.8 Å². The number of hydrogen-bond acceptors (Lipinski definition) is 4. The monoisotopic (exact) mass is 362 g/mol. The van der Waals surface area contributed by atoms with Gasteiger partial charge in [-0.3, -0.25) is 4.90 Å². The fraction of sp³-hybridized carbons (Fsp3) is 0.389. The first-order valence-corrected chi connectivity index (χ1v) is 8.98. The Kier molecular flexibility index (Phi) is 6.52. The van der Waals surface area contributed by atoms with Crippen molar-refractivity contribution in [2.75, 3.05) is 6.54 Å². The van der Waals surface area contributed by atoms with E-state index in [1.165, 1.54) is 11.3 Å². The van der Waals surface area contributed by atoms with Crippen LogP contribution >= 0.6 is 11.3 Å². The Morgan fingerprint density at radius 1 is 1.20 bits per heavy atom. The van der Waals surface area contributed by atoms with Crippen molar-refractivity contribution in [1.82, 2.24) is 9.88 Å². The van der Waals surface area contributed by atoms with Gasteiger partial charge in [-0.15, -0.1) is 11.3 Å². The second kappa shape index (κ2) is 8.62. The summed E-state index contributed by atoms with van der Waals surface area (Å²) < 4.78 is 0. The van der Waals surface area contributed by atoms with Gasteiger partial charge in [0.05, 0.1) is 5.69 Å². The second-order valence-electron chi connectivity index (χ2n) is 6.22. The first-order valence-electron chi connectivity index (χ1n) is 8.10. The average Bonchev–Trinajstić information content (AvgIpc) is 3.03. The van der Waals surface area contributed by atoms with Gasteiger partial charge in [0.25, 0.3) is 0 Å². The van der Waals surface area contributed by atoms with Crippen LogP contribution in [0.2, 0.25) is 0 Å². The third-order valence-electron chi connectivity index (χ3n) is 3.78. The van der Waals surface area contributed by atoms with Crippen LogP contribution in [0.1, 0.15) is 26.0 Å². The van der Waals surface area contributed by atoms with Crippen molar-refractivity contribution < 1.29 is 19.8 Å². The molecule has 0 saturated carbocycles. The van der Waals surface area contributed by atoms with Crippen LogP contribution < -0.4 is 0 Å². The van der Waals surface area contributed by atoms with Gasteiger partial charge in [0, 0.05) is 23.9 Å². The molecule has 0 aliphatic rings. The zero-order valence-corrected chi connectivity index (χ0v) is 15.1. The molecule has 1 amide bonds. The third-order valence-corrected chi connectivity index (χ3v) is 4.72. The maximum atomic E-state index is 11.5. The van der Waals surface area contributed by atoms with Gasteiger partial charge < -0.3 is 10.2 Å². The Morgan fingerprint density at radius 3 is 2.44 bits per heavy atom. The Morgan fingerprint density at radius 2 is 1.88 bits per heavy atom. The minimum Gasteiger partial charge on any atom is -0.480 e. The minimum absolute atomic E-state index is 0.0897. The average molecular weight is 362 g/mol. The molecule has 0 aliphatic heterocycles. The Hall–Kier alpha value is -2.41. The predicted octanol–water partition coefficient (Wildman–Crippen LogP) is 3.83. The van der Waals surface area contributed by atoms with Crippen molar-refractivity contribution in [1.29, 1.82) is 0 Å². The number of aromatic nitrogens is 1. The molecule has 2 rings (SSSR count). The van der Waals surface area contributed by atoms with E-state index in [2.05, 4.69) is 4.98 Å². The van der Waals surface area contributed by atoms with Crippen LogP contribution in [-0.4, -0.2) is 44.7 Å². The van der Waals surface area contributed by atoms with Crippen molar-refractivity contribution >= 4 is 23.4 Å². The maximum Gasteiger partial charge on any atom is 0.408 e. The lowest BCUT2D eigenvalue weighted by molar-refractivity contribution is -0.143. The molecule has 1 atom stereocenters. The van der Waals surface area contributed by atoms with E-state index in [1.807, 2.05) is 49.6 Å². The number of nitrogens with zero attached hydrogens (tertiary/aromatic N) is 2. The molecule has 0 bridgehead atoms. The maximum absolute atomic E-state index is 11.5. The lowest BCUT2D eigenvalue weighted by Gasteiger charge is -2.27. The largest absolute Gasteiger partial charge is 0.480 e. The van der Waals surface area contributed by atoms with Crippen LogP contribution in [0.5, 0.6) is 0 Å². The van der Waals surface area contributed by atoms with Gasteiger partial charge >= 0.3 is 12.1 Å². The zero-order chi connectivity index (χ0) is 18.4. The lowest BCUT2D eigenvalue weighted by Crippen LogP contribution is -2.46. The highest BCUT2D eigenvalue weighted by molar-refractivity contribution is 7.13. The first-order chi connectivity index (χ1) is 11.9. The molecule has 1 unspecified atom stereocenters. The molecule has 2 aromatic rings. The Balaban J connectivity index is 2.07. The van der Waals surface area contributed by atoms with E-state index in [1.54, 1.807) is 0 Å². The van der Waals surface area contributed by atoms with Gasteiger partial charge in [-0.25, -0.2) is 14.6 Å². The number of hydrogen-bond donors (Lipinski definition) is 2. The third kappa shape index (κ3) is 5.29. The molecule has 2 N–H and O–H groups in total. The molecule has 134 valence electrons. The molecule has 1 aromatic heterocycles. The Labute approximate surface area is 150 Å². The number of carbonyl (C=O) groups is 2. The smallest absolute Gasteiger partial charge is 0.408 e. The van der Waals surface area contributed by atoms with Crippen molar-refractivity contribution in [2.24, 2.45) is 5.92 Å². The van der Waals surface area contributed by atoms with Gasteiger partial charge in [0.2, 0.25) is 0 Å². The number of rotatable bonds is 8. The van der Waals surface area contributed by atoms with Gasteiger partial charge in [-0.05, 0) is 12.3 Å². The number of aliphatic carboxylic acids is 1. The number of benzene rings is 1. The quantitative estimate of drug-likeness (QED) is 0.745. The van der Waals surface area contributed by atoms with Gasteiger partial charge in [0.1, 0.15) is 11.0 Å². The first kappa shape index (κ1) is 18.9. The normalized spacial score (nSPS) is 12.1. The number of amides is 1. The molecule has 7 heteroatoms. The van der Waals surface area contributed by atoms with Crippen LogP contribution in [0.15, 0.2) is 35.7 Å². The van der Waals surface area contributed by atoms with Crippen molar-refractivity contribution in [2.45, 2.75) is 32.7 Å². The van der Waals surface area contributed by atoms with Crippen LogP contribution in [0.25, 0.3) is 10.6 Å².